The maximum absolute atomic E-state index is 12.4. The molecule has 2 aliphatic heterocycles. The predicted octanol–water partition coefficient (Wildman–Crippen LogP) is 2.18. The summed E-state index contributed by atoms with van der Waals surface area (Å²) in [5.41, 5.74) is 2.48. The first-order valence-electron chi connectivity index (χ1n) is 10.6. The average Bonchev–Trinajstić information content (AvgIpc) is 3.25. The number of nitrogens with zero attached hydrogens (tertiary/aromatic N) is 3. The molecule has 0 atom stereocenters. The van der Waals surface area contributed by atoms with E-state index in [1.165, 1.54) is 30.2 Å². The molecule has 0 aromatic carbocycles. The lowest BCUT2D eigenvalue weighted by atomic mass is 10.2. The van der Waals surface area contributed by atoms with Crippen molar-refractivity contribution in [2.24, 2.45) is 0 Å². The zero-order valence-electron chi connectivity index (χ0n) is 17.9. The van der Waals surface area contributed by atoms with Crippen LogP contribution in [0.1, 0.15) is 24.8 Å². The van der Waals surface area contributed by atoms with Gasteiger partial charge in [-0.1, -0.05) is 0 Å². The minimum atomic E-state index is -0.351. The zero-order chi connectivity index (χ0) is 22.3. The van der Waals surface area contributed by atoms with E-state index in [0.717, 1.165) is 18.8 Å². The van der Waals surface area contributed by atoms with Crippen LogP contribution in [0, 0.1) is 0 Å². The van der Waals surface area contributed by atoms with Gasteiger partial charge < -0.3 is 30.4 Å². The highest BCUT2D eigenvalue weighted by atomic mass is 16.5. The SMILES string of the molecule is C1CCOCC1.CNc1cc2nc3c1ncn3C(=O)NCCOCc1c[nH]c(=O)c(c1)N2. The average molecular weight is 441 g/mol. The molecule has 1 amide bonds. The summed E-state index contributed by atoms with van der Waals surface area (Å²) >= 11 is 0. The zero-order valence-corrected chi connectivity index (χ0v) is 17.9. The molecule has 5 heterocycles. The number of hydrogen-bond donors (Lipinski definition) is 4. The number of nitrogens with one attached hydrogen (secondary N) is 4. The van der Waals surface area contributed by atoms with Crippen molar-refractivity contribution >= 4 is 34.4 Å². The van der Waals surface area contributed by atoms with Gasteiger partial charge in [0.05, 0.1) is 18.9 Å². The van der Waals surface area contributed by atoms with Gasteiger partial charge in [-0.3, -0.25) is 4.79 Å². The Morgan fingerprint density at radius 1 is 1.09 bits per heavy atom. The van der Waals surface area contributed by atoms with Gasteiger partial charge in [0, 0.05) is 39.1 Å². The van der Waals surface area contributed by atoms with Crippen LogP contribution in [0.5, 0.6) is 0 Å². The number of carbonyl (C=O) groups excluding carboxylic acids is 1. The minimum Gasteiger partial charge on any atom is -0.386 e. The molecule has 2 aliphatic rings. The molecular weight excluding hydrogens is 414 g/mol. The first-order chi connectivity index (χ1) is 15.7. The van der Waals surface area contributed by atoms with Crippen molar-refractivity contribution in [3.63, 3.8) is 0 Å². The fourth-order valence-electron chi connectivity index (χ4n) is 3.43. The maximum atomic E-state index is 12.4. The van der Waals surface area contributed by atoms with Crippen LogP contribution >= 0.6 is 0 Å². The number of aromatic amines is 1. The van der Waals surface area contributed by atoms with Crippen molar-refractivity contribution in [1.82, 2.24) is 24.8 Å². The number of pyridine rings is 2. The smallest absolute Gasteiger partial charge is 0.328 e. The van der Waals surface area contributed by atoms with Gasteiger partial charge in [0.25, 0.3) is 5.56 Å². The van der Waals surface area contributed by atoms with Crippen LogP contribution in [-0.2, 0) is 16.1 Å². The number of aromatic nitrogens is 4. The fourth-order valence-corrected chi connectivity index (χ4v) is 3.43. The number of anilines is 3. The second-order valence-electron chi connectivity index (χ2n) is 7.43. The molecule has 170 valence electrons. The maximum Gasteiger partial charge on any atom is 0.328 e. The van der Waals surface area contributed by atoms with Gasteiger partial charge >= 0.3 is 6.03 Å². The van der Waals surface area contributed by atoms with E-state index in [1.807, 2.05) is 0 Å². The lowest BCUT2D eigenvalue weighted by Crippen LogP contribution is -2.31. The Bertz CT molecular complexity index is 1130. The molecule has 0 spiro atoms. The van der Waals surface area contributed by atoms with Gasteiger partial charge in [-0.25, -0.2) is 19.3 Å². The monoisotopic (exact) mass is 441 g/mol. The van der Waals surface area contributed by atoms with E-state index in [4.69, 9.17) is 9.47 Å². The summed E-state index contributed by atoms with van der Waals surface area (Å²) in [5, 5.41) is 8.81. The summed E-state index contributed by atoms with van der Waals surface area (Å²) in [4.78, 5) is 35.9. The first-order valence-corrected chi connectivity index (χ1v) is 10.6. The topological polar surface area (TPSA) is 135 Å². The number of fused-ring (bicyclic) bond motifs is 3. The van der Waals surface area contributed by atoms with E-state index in [0.29, 0.717) is 48.1 Å². The van der Waals surface area contributed by atoms with Crippen LogP contribution in [-0.4, -0.2) is 59.0 Å². The van der Waals surface area contributed by atoms with E-state index >= 15 is 0 Å². The van der Waals surface area contributed by atoms with Crippen molar-refractivity contribution in [3.05, 3.63) is 40.6 Å². The molecule has 32 heavy (non-hydrogen) atoms. The number of carbonyl (C=O) groups is 1. The Balaban J connectivity index is 0.000000354. The standard InChI is InChI=1S/C16H17N7O3.C5H10O/c1-17-10-5-12-21-11-4-9(6-19-15(11)24)7-26-3-2-18-16(25)23-8-20-13(10)14(23)22-12;1-2-4-6-5-3-1/h4-6,8H,2-3,7H2,1H3,(H,18,25)(H,19,24)(H2,17,21,22);1-5H2. The van der Waals surface area contributed by atoms with Gasteiger partial charge in [-0.2, -0.15) is 0 Å². The third-order valence-corrected chi connectivity index (χ3v) is 5.09. The Morgan fingerprint density at radius 2 is 1.94 bits per heavy atom. The number of amides is 1. The van der Waals surface area contributed by atoms with Crippen LogP contribution in [0.4, 0.5) is 22.0 Å². The summed E-state index contributed by atoms with van der Waals surface area (Å²) in [6.07, 6.45) is 6.94. The normalized spacial score (nSPS) is 16.3. The van der Waals surface area contributed by atoms with Gasteiger partial charge in [-0.15, -0.1) is 0 Å². The molecule has 4 N–H and O–H groups in total. The second-order valence-corrected chi connectivity index (χ2v) is 7.43. The Kier molecular flexibility index (Phi) is 6.97. The molecule has 0 radical (unpaired) electrons. The highest BCUT2D eigenvalue weighted by molar-refractivity contribution is 5.94. The number of rotatable bonds is 1. The molecule has 5 rings (SSSR count). The molecule has 11 nitrogen and oxygen atoms in total. The van der Waals surface area contributed by atoms with Crippen molar-refractivity contribution in [1.29, 1.82) is 0 Å². The summed E-state index contributed by atoms with van der Waals surface area (Å²) < 4.78 is 11.9. The summed E-state index contributed by atoms with van der Waals surface area (Å²) in [6.45, 7) is 2.98. The molecular formula is C21H27N7O4. The third kappa shape index (κ3) is 5.06. The Labute approximate surface area is 184 Å². The van der Waals surface area contributed by atoms with Gasteiger partial charge in [0.1, 0.15) is 23.3 Å². The van der Waals surface area contributed by atoms with Crippen LogP contribution in [0.25, 0.3) is 11.2 Å². The fraction of sp³-hybridized carbons (Fsp3) is 0.429. The molecule has 3 aromatic heterocycles. The molecule has 4 bridgehead atoms. The van der Waals surface area contributed by atoms with Gasteiger partial charge in [0.15, 0.2) is 5.65 Å². The molecule has 3 aromatic rings. The van der Waals surface area contributed by atoms with Crippen LogP contribution in [0.2, 0.25) is 0 Å². The van der Waals surface area contributed by atoms with E-state index in [1.54, 1.807) is 25.4 Å². The van der Waals surface area contributed by atoms with Crippen molar-refractivity contribution in [2.45, 2.75) is 25.9 Å². The number of hydrogen-bond acceptors (Lipinski definition) is 8. The van der Waals surface area contributed by atoms with Crippen molar-refractivity contribution in [3.8, 4) is 0 Å². The predicted molar refractivity (Wildman–Crippen MR) is 121 cm³/mol. The summed E-state index contributed by atoms with van der Waals surface area (Å²) in [5.74, 6) is 0.414. The van der Waals surface area contributed by atoms with E-state index in [2.05, 4.69) is 30.9 Å². The van der Waals surface area contributed by atoms with Crippen molar-refractivity contribution in [2.75, 3.05) is 44.0 Å². The van der Waals surface area contributed by atoms with Crippen molar-refractivity contribution < 1.29 is 14.3 Å². The summed E-state index contributed by atoms with van der Waals surface area (Å²) in [7, 11) is 1.75. The quantitative estimate of drug-likeness (QED) is 0.451. The first kappa shape index (κ1) is 21.8. The number of H-pyrrole nitrogens is 1. The highest BCUT2D eigenvalue weighted by Gasteiger charge is 2.16. The lowest BCUT2D eigenvalue weighted by Gasteiger charge is -2.12. The van der Waals surface area contributed by atoms with E-state index in [9.17, 15) is 9.59 Å². The summed E-state index contributed by atoms with van der Waals surface area (Å²) in [6, 6.07) is 3.09. The number of imidazole rings is 1. The molecule has 1 fully saturated rings. The Morgan fingerprint density at radius 3 is 2.66 bits per heavy atom. The molecule has 11 heteroatoms. The van der Waals surface area contributed by atoms with Gasteiger partial charge in [-0.05, 0) is 30.9 Å². The lowest BCUT2D eigenvalue weighted by molar-refractivity contribution is 0.0968. The van der Waals surface area contributed by atoms with Crippen LogP contribution < -0.4 is 21.5 Å². The largest absolute Gasteiger partial charge is 0.386 e. The highest BCUT2D eigenvalue weighted by Crippen LogP contribution is 2.25. The Hall–Kier alpha value is -3.44. The molecule has 0 unspecified atom stereocenters. The second kappa shape index (κ2) is 10.2. The molecule has 1 saturated heterocycles. The molecule has 0 saturated carbocycles. The third-order valence-electron chi connectivity index (χ3n) is 5.09. The van der Waals surface area contributed by atoms with E-state index in [-0.39, 0.29) is 11.6 Å². The van der Waals surface area contributed by atoms with Crippen LogP contribution in [0.3, 0.4) is 0 Å². The minimum absolute atomic E-state index is 0.278. The van der Waals surface area contributed by atoms with Crippen LogP contribution in [0.15, 0.2) is 29.5 Å². The number of ether oxygens (including phenoxy) is 2. The van der Waals surface area contributed by atoms with E-state index < -0.39 is 0 Å². The molecule has 0 aliphatic carbocycles. The van der Waals surface area contributed by atoms with Gasteiger partial charge in [0.2, 0.25) is 0 Å².